The van der Waals surface area contributed by atoms with E-state index in [1.54, 1.807) is 0 Å². The second kappa shape index (κ2) is 8.04. The number of hydrogen-bond donors (Lipinski definition) is 2. The Labute approximate surface area is 139 Å². The lowest BCUT2D eigenvalue weighted by molar-refractivity contribution is 0.284. The molecule has 1 aliphatic heterocycles. The van der Waals surface area contributed by atoms with E-state index in [1.807, 2.05) is 6.07 Å². The van der Waals surface area contributed by atoms with Gasteiger partial charge in [0.2, 0.25) is 0 Å². The molecule has 0 atom stereocenters. The van der Waals surface area contributed by atoms with Crippen LogP contribution in [0.2, 0.25) is 5.02 Å². The summed E-state index contributed by atoms with van der Waals surface area (Å²) >= 11 is 6.34. The molecule has 0 radical (unpaired) electrons. The normalized spacial score (nSPS) is 15.7. The summed E-state index contributed by atoms with van der Waals surface area (Å²) in [5.41, 5.74) is 3.70. The molecule has 1 aliphatic rings. The van der Waals surface area contributed by atoms with Gasteiger partial charge in [-0.2, -0.15) is 0 Å². The summed E-state index contributed by atoms with van der Waals surface area (Å²) in [5, 5.41) is 7.75. The number of nitrogens with one attached hydrogen (secondary N) is 2. The van der Waals surface area contributed by atoms with Gasteiger partial charge in [-0.1, -0.05) is 11.6 Å². The van der Waals surface area contributed by atoms with Gasteiger partial charge in [0.1, 0.15) is 0 Å². The standard InChI is InChI=1S/C17H29ClN4/c1-13(2)21(4)8-7-20-16-11-15(18)12-17(14(16)3)22-9-5-19-6-10-22/h11-13,19-20H,5-10H2,1-4H3. The highest BCUT2D eigenvalue weighted by molar-refractivity contribution is 6.31. The van der Waals surface area contributed by atoms with Gasteiger partial charge >= 0.3 is 0 Å². The summed E-state index contributed by atoms with van der Waals surface area (Å²) in [6.07, 6.45) is 0. The molecule has 0 aliphatic carbocycles. The van der Waals surface area contributed by atoms with E-state index in [2.05, 4.69) is 54.3 Å². The molecule has 1 aromatic carbocycles. The minimum Gasteiger partial charge on any atom is -0.383 e. The van der Waals surface area contributed by atoms with Crippen molar-refractivity contribution in [2.24, 2.45) is 0 Å². The Balaban J connectivity index is 2.06. The molecule has 0 spiro atoms. The zero-order chi connectivity index (χ0) is 16.1. The third-order valence-electron chi connectivity index (χ3n) is 4.46. The van der Waals surface area contributed by atoms with Gasteiger partial charge in [0.15, 0.2) is 0 Å². The molecule has 1 saturated heterocycles. The summed E-state index contributed by atoms with van der Waals surface area (Å²) in [6.45, 7) is 12.7. The van der Waals surface area contributed by atoms with Crippen LogP contribution < -0.4 is 15.5 Å². The predicted molar refractivity (Wildman–Crippen MR) is 97.5 cm³/mol. The van der Waals surface area contributed by atoms with Crippen molar-refractivity contribution < 1.29 is 0 Å². The molecule has 1 aromatic rings. The first-order chi connectivity index (χ1) is 10.5. The highest BCUT2D eigenvalue weighted by Crippen LogP contribution is 2.31. The quantitative estimate of drug-likeness (QED) is 0.842. The fourth-order valence-electron chi connectivity index (χ4n) is 2.71. The van der Waals surface area contributed by atoms with Crippen LogP contribution >= 0.6 is 11.6 Å². The molecule has 0 saturated carbocycles. The van der Waals surface area contributed by atoms with E-state index in [9.17, 15) is 0 Å². The van der Waals surface area contributed by atoms with E-state index in [0.717, 1.165) is 50.0 Å². The van der Waals surface area contributed by atoms with Crippen LogP contribution in [0.5, 0.6) is 0 Å². The van der Waals surface area contributed by atoms with E-state index >= 15 is 0 Å². The lowest BCUT2D eigenvalue weighted by Gasteiger charge is -2.31. The number of anilines is 2. The first-order valence-electron chi connectivity index (χ1n) is 8.19. The van der Waals surface area contributed by atoms with E-state index in [4.69, 9.17) is 11.6 Å². The van der Waals surface area contributed by atoms with Crippen LogP contribution in [0.4, 0.5) is 11.4 Å². The zero-order valence-electron chi connectivity index (χ0n) is 14.2. The Kier molecular flexibility index (Phi) is 6.36. The van der Waals surface area contributed by atoms with Crippen molar-refractivity contribution in [3.05, 3.63) is 22.7 Å². The number of benzene rings is 1. The van der Waals surface area contributed by atoms with Gasteiger partial charge in [0, 0.05) is 61.7 Å². The maximum absolute atomic E-state index is 6.34. The maximum Gasteiger partial charge on any atom is 0.0447 e. The number of rotatable bonds is 6. The topological polar surface area (TPSA) is 30.5 Å². The smallest absolute Gasteiger partial charge is 0.0447 e. The average Bonchev–Trinajstić information content (AvgIpc) is 2.51. The summed E-state index contributed by atoms with van der Waals surface area (Å²) < 4.78 is 0. The molecule has 22 heavy (non-hydrogen) atoms. The number of piperazine rings is 1. The fraction of sp³-hybridized carbons (Fsp3) is 0.647. The van der Waals surface area contributed by atoms with Gasteiger partial charge in [-0.05, 0) is 45.5 Å². The van der Waals surface area contributed by atoms with Crippen molar-refractivity contribution in [2.45, 2.75) is 26.8 Å². The van der Waals surface area contributed by atoms with Gasteiger partial charge in [-0.3, -0.25) is 0 Å². The third kappa shape index (κ3) is 4.51. The predicted octanol–water partition coefficient (Wildman–Crippen LogP) is 2.81. The fourth-order valence-corrected chi connectivity index (χ4v) is 2.92. The van der Waals surface area contributed by atoms with E-state index in [-0.39, 0.29) is 0 Å². The van der Waals surface area contributed by atoms with Gasteiger partial charge in [0.05, 0.1) is 0 Å². The Morgan fingerprint density at radius 2 is 2.00 bits per heavy atom. The molecule has 1 heterocycles. The van der Waals surface area contributed by atoms with Crippen LogP contribution in [0, 0.1) is 6.92 Å². The lowest BCUT2D eigenvalue weighted by Crippen LogP contribution is -2.43. The second-order valence-electron chi connectivity index (χ2n) is 6.34. The van der Waals surface area contributed by atoms with Crippen LogP contribution in [-0.2, 0) is 0 Å². The van der Waals surface area contributed by atoms with Crippen LogP contribution in [0.15, 0.2) is 12.1 Å². The van der Waals surface area contributed by atoms with Gasteiger partial charge in [-0.15, -0.1) is 0 Å². The maximum atomic E-state index is 6.34. The van der Waals surface area contributed by atoms with E-state index in [1.165, 1.54) is 11.3 Å². The number of hydrogen-bond acceptors (Lipinski definition) is 4. The molecular weight excluding hydrogens is 296 g/mol. The highest BCUT2D eigenvalue weighted by atomic mass is 35.5. The monoisotopic (exact) mass is 324 g/mol. The molecule has 0 unspecified atom stereocenters. The first kappa shape index (κ1) is 17.4. The first-order valence-corrected chi connectivity index (χ1v) is 8.56. The summed E-state index contributed by atoms with van der Waals surface area (Å²) in [5.74, 6) is 0. The number of likely N-dealkylation sites (N-methyl/N-ethyl adjacent to an activating group) is 1. The molecular formula is C17H29ClN4. The van der Waals surface area contributed by atoms with Crippen molar-refractivity contribution in [1.82, 2.24) is 10.2 Å². The van der Waals surface area contributed by atoms with Crippen molar-refractivity contribution in [1.29, 1.82) is 0 Å². The molecule has 124 valence electrons. The minimum atomic E-state index is 0.568. The molecule has 0 bridgehead atoms. The van der Waals surface area contributed by atoms with Gasteiger partial charge < -0.3 is 20.4 Å². The van der Waals surface area contributed by atoms with E-state index < -0.39 is 0 Å². The van der Waals surface area contributed by atoms with Crippen molar-refractivity contribution in [3.63, 3.8) is 0 Å². The zero-order valence-corrected chi connectivity index (χ0v) is 15.0. The molecule has 2 N–H and O–H groups in total. The van der Waals surface area contributed by atoms with Crippen molar-refractivity contribution in [3.8, 4) is 0 Å². The largest absolute Gasteiger partial charge is 0.383 e. The molecule has 0 amide bonds. The van der Waals surface area contributed by atoms with Crippen LogP contribution in [0.25, 0.3) is 0 Å². The van der Waals surface area contributed by atoms with Gasteiger partial charge in [0.25, 0.3) is 0 Å². The van der Waals surface area contributed by atoms with Crippen molar-refractivity contribution in [2.75, 3.05) is 56.5 Å². The molecule has 2 rings (SSSR count). The molecule has 5 heteroatoms. The number of nitrogens with zero attached hydrogens (tertiary/aromatic N) is 2. The minimum absolute atomic E-state index is 0.568. The Morgan fingerprint density at radius 1 is 1.32 bits per heavy atom. The van der Waals surface area contributed by atoms with Crippen LogP contribution in [0.1, 0.15) is 19.4 Å². The Bertz CT molecular complexity index is 484. The average molecular weight is 325 g/mol. The Morgan fingerprint density at radius 3 is 2.64 bits per heavy atom. The molecule has 1 fully saturated rings. The van der Waals surface area contributed by atoms with Crippen LogP contribution in [0.3, 0.4) is 0 Å². The van der Waals surface area contributed by atoms with Gasteiger partial charge in [-0.25, -0.2) is 0 Å². The second-order valence-corrected chi connectivity index (χ2v) is 6.77. The Hall–Kier alpha value is -0.970. The summed E-state index contributed by atoms with van der Waals surface area (Å²) in [7, 11) is 2.16. The molecule has 4 nitrogen and oxygen atoms in total. The summed E-state index contributed by atoms with van der Waals surface area (Å²) in [6, 6.07) is 4.70. The summed E-state index contributed by atoms with van der Waals surface area (Å²) in [4.78, 5) is 4.76. The number of halogens is 1. The highest BCUT2D eigenvalue weighted by Gasteiger charge is 2.15. The van der Waals surface area contributed by atoms with Crippen molar-refractivity contribution >= 4 is 23.0 Å². The van der Waals surface area contributed by atoms with Crippen LogP contribution in [-0.4, -0.2) is 57.3 Å². The molecule has 0 aromatic heterocycles. The van der Waals surface area contributed by atoms with E-state index in [0.29, 0.717) is 6.04 Å². The third-order valence-corrected chi connectivity index (χ3v) is 4.68. The SMILES string of the molecule is Cc1c(NCCN(C)C(C)C)cc(Cl)cc1N1CCNCC1. The lowest BCUT2D eigenvalue weighted by atomic mass is 10.1.